The van der Waals surface area contributed by atoms with Gasteiger partial charge in [-0.2, -0.15) is 5.10 Å². The Hall–Kier alpha value is -2.86. The molecule has 0 amide bonds. The Balaban J connectivity index is 1.25. The number of aromatic nitrogens is 3. The minimum absolute atomic E-state index is 0.0937. The maximum atomic E-state index is 12.7. The van der Waals surface area contributed by atoms with Crippen LogP contribution in [0.1, 0.15) is 31.2 Å². The summed E-state index contributed by atoms with van der Waals surface area (Å²) in [4.78, 5) is 15.2. The molecule has 0 aliphatic carbocycles. The lowest BCUT2D eigenvalue weighted by Crippen LogP contribution is -2.24. The van der Waals surface area contributed by atoms with Crippen molar-refractivity contribution in [3.63, 3.8) is 0 Å². The first-order chi connectivity index (χ1) is 14.8. The lowest BCUT2D eigenvalue weighted by molar-refractivity contribution is 0.301. The van der Waals surface area contributed by atoms with Crippen LogP contribution in [0.4, 0.5) is 0 Å². The van der Waals surface area contributed by atoms with Gasteiger partial charge in [0.1, 0.15) is 12.1 Å². The van der Waals surface area contributed by atoms with E-state index in [-0.39, 0.29) is 5.69 Å². The summed E-state index contributed by atoms with van der Waals surface area (Å²) in [5.41, 5.74) is 2.08. The molecular formula is C24H30N4O2. The van der Waals surface area contributed by atoms with Gasteiger partial charge in [0.25, 0.3) is 0 Å². The van der Waals surface area contributed by atoms with Gasteiger partial charge in [-0.1, -0.05) is 30.3 Å². The number of ether oxygens (including phenoxy) is 1. The largest absolute Gasteiger partial charge is 0.494 e. The fourth-order valence-corrected chi connectivity index (χ4v) is 3.85. The number of rotatable bonds is 10. The van der Waals surface area contributed by atoms with Crippen molar-refractivity contribution in [2.75, 3.05) is 26.2 Å². The van der Waals surface area contributed by atoms with Crippen LogP contribution < -0.4 is 10.4 Å². The van der Waals surface area contributed by atoms with Crippen LogP contribution in [-0.4, -0.2) is 45.5 Å². The van der Waals surface area contributed by atoms with Gasteiger partial charge in [-0.25, -0.2) is 14.0 Å². The van der Waals surface area contributed by atoms with E-state index in [9.17, 15) is 4.79 Å². The summed E-state index contributed by atoms with van der Waals surface area (Å²) in [5, 5.41) is 4.28. The van der Waals surface area contributed by atoms with E-state index in [1.165, 1.54) is 36.2 Å². The molecule has 3 aromatic rings. The minimum atomic E-state index is -0.0937. The third-order valence-corrected chi connectivity index (χ3v) is 5.64. The second-order valence-corrected chi connectivity index (χ2v) is 7.84. The molecule has 0 saturated carbocycles. The van der Waals surface area contributed by atoms with Gasteiger partial charge in [0, 0.05) is 13.1 Å². The number of para-hydroxylation sites is 1. The third-order valence-electron chi connectivity index (χ3n) is 5.64. The van der Waals surface area contributed by atoms with E-state index < -0.39 is 0 Å². The first-order valence-electron chi connectivity index (χ1n) is 10.9. The van der Waals surface area contributed by atoms with Crippen LogP contribution in [0.3, 0.4) is 0 Å². The zero-order valence-electron chi connectivity index (χ0n) is 17.4. The molecule has 0 N–H and O–H groups in total. The van der Waals surface area contributed by atoms with Gasteiger partial charge in [0.2, 0.25) is 0 Å². The summed E-state index contributed by atoms with van der Waals surface area (Å²) in [7, 11) is 0. The number of hydrogen-bond acceptors (Lipinski definition) is 4. The highest BCUT2D eigenvalue weighted by Gasteiger charge is 2.11. The second kappa shape index (κ2) is 10.3. The highest BCUT2D eigenvalue weighted by molar-refractivity contribution is 5.34. The maximum absolute atomic E-state index is 12.7. The molecule has 30 heavy (non-hydrogen) atoms. The van der Waals surface area contributed by atoms with Gasteiger partial charge >= 0.3 is 5.69 Å². The highest BCUT2D eigenvalue weighted by Crippen LogP contribution is 2.12. The molecule has 2 aromatic carbocycles. The lowest BCUT2D eigenvalue weighted by Gasteiger charge is -2.14. The summed E-state index contributed by atoms with van der Waals surface area (Å²) in [5.74, 6) is 0.878. The number of nitrogens with zero attached hydrogens (tertiary/aromatic N) is 4. The molecule has 1 saturated heterocycles. The fraction of sp³-hybridized carbons (Fsp3) is 0.417. The van der Waals surface area contributed by atoms with Gasteiger partial charge < -0.3 is 9.64 Å². The van der Waals surface area contributed by atoms with Crippen molar-refractivity contribution < 1.29 is 4.74 Å². The Labute approximate surface area is 177 Å². The van der Waals surface area contributed by atoms with E-state index in [1.807, 2.05) is 42.5 Å². The molecular weight excluding hydrogens is 376 g/mol. The van der Waals surface area contributed by atoms with E-state index in [0.29, 0.717) is 13.2 Å². The second-order valence-electron chi connectivity index (χ2n) is 7.84. The van der Waals surface area contributed by atoms with Gasteiger partial charge in [0.05, 0.1) is 12.3 Å². The standard InChI is InChI=1S/C24H30N4O2/c29-24-27(22-12-10-21(11-13-22)14-18-26-15-4-5-16-26)20-25-28(24)17-6-7-19-30-23-8-2-1-3-9-23/h1-3,8-13,20H,4-7,14-19H2. The van der Waals surface area contributed by atoms with Crippen molar-refractivity contribution in [3.8, 4) is 11.4 Å². The average molecular weight is 407 g/mol. The van der Waals surface area contributed by atoms with Crippen LogP contribution in [0.5, 0.6) is 5.75 Å². The summed E-state index contributed by atoms with van der Waals surface area (Å²) in [6.07, 6.45) is 7.04. The fourth-order valence-electron chi connectivity index (χ4n) is 3.85. The van der Waals surface area contributed by atoms with E-state index in [0.717, 1.165) is 37.2 Å². The first kappa shape index (κ1) is 20.4. The van der Waals surface area contributed by atoms with Crippen LogP contribution in [0.15, 0.2) is 65.7 Å². The van der Waals surface area contributed by atoms with Crippen molar-refractivity contribution in [1.82, 2.24) is 19.2 Å². The van der Waals surface area contributed by atoms with Gasteiger partial charge in [-0.3, -0.25) is 0 Å². The smallest absolute Gasteiger partial charge is 0.350 e. The van der Waals surface area contributed by atoms with Gasteiger partial charge in [-0.15, -0.1) is 0 Å². The van der Waals surface area contributed by atoms with Crippen LogP contribution in [0.2, 0.25) is 0 Å². The molecule has 6 nitrogen and oxygen atoms in total. The van der Waals surface area contributed by atoms with E-state index in [1.54, 1.807) is 10.9 Å². The van der Waals surface area contributed by atoms with E-state index >= 15 is 0 Å². The van der Waals surface area contributed by atoms with Crippen molar-refractivity contribution in [2.45, 2.75) is 38.6 Å². The van der Waals surface area contributed by atoms with Crippen LogP contribution >= 0.6 is 0 Å². The quantitative estimate of drug-likeness (QED) is 0.484. The molecule has 1 aliphatic rings. The third kappa shape index (κ3) is 5.39. The normalized spacial score (nSPS) is 14.3. The van der Waals surface area contributed by atoms with Crippen LogP contribution in [-0.2, 0) is 13.0 Å². The molecule has 2 heterocycles. The Morgan fingerprint density at radius 1 is 0.900 bits per heavy atom. The number of aryl methyl sites for hydroxylation is 1. The van der Waals surface area contributed by atoms with E-state index in [4.69, 9.17) is 4.74 Å². The topological polar surface area (TPSA) is 52.3 Å². The number of hydrogen-bond donors (Lipinski definition) is 0. The Morgan fingerprint density at radius 2 is 1.67 bits per heavy atom. The predicted molar refractivity (Wildman–Crippen MR) is 118 cm³/mol. The van der Waals surface area contributed by atoms with Crippen molar-refractivity contribution in [2.24, 2.45) is 0 Å². The highest BCUT2D eigenvalue weighted by atomic mass is 16.5. The number of unbranched alkanes of at least 4 members (excludes halogenated alkanes) is 1. The van der Waals surface area contributed by atoms with Crippen molar-refractivity contribution in [3.05, 3.63) is 77.0 Å². The maximum Gasteiger partial charge on any atom is 0.350 e. The molecule has 1 aliphatic heterocycles. The molecule has 6 heteroatoms. The summed E-state index contributed by atoms with van der Waals surface area (Å²) >= 11 is 0. The zero-order valence-corrected chi connectivity index (χ0v) is 17.4. The number of benzene rings is 2. The lowest BCUT2D eigenvalue weighted by atomic mass is 10.1. The molecule has 4 rings (SSSR count). The van der Waals surface area contributed by atoms with Crippen molar-refractivity contribution >= 4 is 0 Å². The minimum Gasteiger partial charge on any atom is -0.494 e. The molecule has 0 atom stereocenters. The zero-order chi connectivity index (χ0) is 20.6. The molecule has 0 unspecified atom stereocenters. The summed E-state index contributed by atoms with van der Waals surface area (Å²) in [6, 6.07) is 18.1. The molecule has 1 aromatic heterocycles. The SMILES string of the molecule is O=c1n(-c2ccc(CCN3CCCC3)cc2)cnn1CCCCOc1ccccc1. The van der Waals surface area contributed by atoms with Crippen LogP contribution in [0, 0.1) is 0 Å². The summed E-state index contributed by atoms with van der Waals surface area (Å²) < 4.78 is 8.84. The Bertz CT molecular complexity index is 957. The van der Waals surface area contributed by atoms with E-state index in [2.05, 4.69) is 22.1 Å². The van der Waals surface area contributed by atoms with Crippen LogP contribution in [0.25, 0.3) is 5.69 Å². The summed E-state index contributed by atoms with van der Waals surface area (Å²) in [6.45, 7) is 4.80. The Kier molecular flexibility index (Phi) is 6.98. The molecule has 1 fully saturated rings. The van der Waals surface area contributed by atoms with Gasteiger partial charge in [-0.05, 0) is 75.0 Å². The monoisotopic (exact) mass is 406 g/mol. The first-order valence-corrected chi connectivity index (χ1v) is 10.9. The average Bonchev–Trinajstić information content (AvgIpc) is 3.43. The predicted octanol–water partition coefficient (Wildman–Crippen LogP) is 3.53. The molecule has 0 bridgehead atoms. The Morgan fingerprint density at radius 3 is 2.43 bits per heavy atom. The van der Waals surface area contributed by atoms with Crippen molar-refractivity contribution in [1.29, 1.82) is 0 Å². The number of likely N-dealkylation sites (tertiary alicyclic amines) is 1. The van der Waals surface area contributed by atoms with Gasteiger partial charge in [0.15, 0.2) is 0 Å². The molecule has 158 valence electrons. The molecule has 0 radical (unpaired) electrons. The molecule has 0 spiro atoms.